The number of rotatable bonds is 1. The lowest BCUT2D eigenvalue weighted by atomic mass is 9.98. The molecular formula is C16H23N3O. The first-order valence-electron chi connectivity index (χ1n) is 6.97. The number of nitriles is 1. The predicted octanol–water partition coefficient (Wildman–Crippen LogP) is 2.96. The molecule has 0 radical (unpaired) electrons. The van der Waals surface area contributed by atoms with E-state index in [-0.39, 0.29) is 11.2 Å². The lowest BCUT2D eigenvalue weighted by Crippen LogP contribution is -2.57. The van der Waals surface area contributed by atoms with Crippen molar-refractivity contribution < 1.29 is 4.74 Å². The normalized spacial score (nSPS) is 20.6. The number of nitrogens with zero attached hydrogens (tertiary/aromatic N) is 3. The van der Waals surface area contributed by atoms with E-state index in [1.54, 1.807) is 0 Å². The van der Waals surface area contributed by atoms with Crippen LogP contribution in [0.2, 0.25) is 0 Å². The van der Waals surface area contributed by atoms with E-state index in [4.69, 9.17) is 4.74 Å². The molecular weight excluding hydrogens is 250 g/mol. The number of hydrogen-bond acceptors (Lipinski definition) is 4. The van der Waals surface area contributed by atoms with Gasteiger partial charge in [0, 0.05) is 18.8 Å². The second-order valence-corrected chi connectivity index (χ2v) is 6.87. The SMILES string of the molecule is Cc1cc(C)c(C#N)c(N2CC(C)(C)OC(C)(C)C2)n1. The average Bonchev–Trinajstić information content (AvgIpc) is 2.23. The Kier molecular flexibility index (Phi) is 3.51. The Balaban J connectivity index is 2.49. The van der Waals surface area contributed by atoms with Crippen molar-refractivity contribution in [3.63, 3.8) is 0 Å². The quantitative estimate of drug-likeness (QED) is 0.789. The summed E-state index contributed by atoms with van der Waals surface area (Å²) in [6.45, 7) is 13.7. The maximum Gasteiger partial charge on any atom is 0.147 e. The summed E-state index contributed by atoms with van der Waals surface area (Å²) < 4.78 is 6.09. The van der Waals surface area contributed by atoms with Crippen LogP contribution in [0.5, 0.6) is 0 Å². The van der Waals surface area contributed by atoms with Crippen LogP contribution in [0.15, 0.2) is 6.07 Å². The minimum Gasteiger partial charge on any atom is -0.366 e. The Bertz CT molecular complexity index is 554. The van der Waals surface area contributed by atoms with Gasteiger partial charge in [0.25, 0.3) is 0 Å². The van der Waals surface area contributed by atoms with Gasteiger partial charge >= 0.3 is 0 Å². The highest BCUT2D eigenvalue weighted by Gasteiger charge is 2.39. The maximum absolute atomic E-state index is 9.43. The Labute approximate surface area is 121 Å². The summed E-state index contributed by atoms with van der Waals surface area (Å²) in [4.78, 5) is 6.79. The van der Waals surface area contributed by atoms with Crippen LogP contribution in [0.25, 0.3) is 0 Å². The van der Waals surface area contributed by atoms with Gasteiger partial charge in [0.1, 0.15) is 11.9 Å². The number of aryl methyl sites for hydroxylation is 2. The molecule has 1 fully saturated rings. The van der Waals surface area contributed by atoms with Crippen LogP contribution in [-0.4, -0.2) is 29.3 Å². The fourth-order valence-electron chi connectivity index (χ4n) is 3.12. The van der Waals surface area contributed by atoms with Crippen molar-refractivity contribution in [3.8, 4) is 6.07 Å². The monoisotopic (exact) mass is 273 g/mol. The summed E-state index contributed by atoms with van der Waals surface area (Å²) >= 11 is 0. The molecule has 0 aromatic carbocycles. The molecule has 0 saturated carbocycles. The van der Waals surface area contributed by atoms with Gasteiger partial charge in [-0.15, -0.1) is 0 Å². The summed E-state index contributed by atoms with van der Waals surface area (Å²) in [5.74, 6) is 0.787. The van der Waals surface area contributed by atoms with Crippen LogP contribution in [0, 0.1) is 25.2 Å². The minimum atomic E-state index is -0.256. The van der Waals surface area contributed by atoms with E-state index in [1.807, 2.05) is 19.9 Å². The van der Waals surface area contributed by atoms with Crippen molar-refractivity contribution in [2.24, 2.45) is 0 Å². The van der Waals surface area contributed by atoms with Gasteiger partial charge in [-0.2, -0.15) is 5.26 Å². The zero-order valence-electron chi connectivity index (χ0n) is 13.2. The third kappa shape index (κ3) is 2.94. The van der Waals surface area contributed by atoms with Crippen LogP contribution in [0.4, 0.5) is 5.82 Å². The second-order valence-electron chi connectivity index (χ2n) is 6.87. The molecule has 2 heterocycles. The Morgan fingerprint density at radius 1 is 1.20 bits per heavy atom. The van der Waals surface area contributed by atoms with Crippen molar-refractivity contribution in [2.45, 2.75) is 52.7 Å². The van der Waals surface area contributed by atoms with Crippen LogP contribution in [0.3, 0.4) is 0 Å². The molecule has 1 aromatic heterocycles. The highest BCUT2D eigenvalue weighted by Crippen LogP contribution is 2.32. The molecule has 0 N–H and O–H groups in total. The molecule has 0 unspecified atom stereocenters. The van der Waals surface area contributed by atoms with Gasteiger partial charge in [-0.3, -0.25) is 0 Å². The van der Waals surface area contributed by atoms with E-state index in [0.29, 0.717) is 5.56 Å². The van der Waals surface area contributed by atoms with Crippen LogP contribution < -0.4 is 4.90 Å². The number of ether oxygens (including phenoxy) is 1. The molecule has 20 heavy (non-hydrogen) atoms. The molecule has 0 amide bonds. The van der Waals surface area contributed by atoms with Gasteiger partial charge in [-0.05, 0) is 53.2 Å². The predicted molar refractivity (Wildman–Crippen MR) is 79.9 cm³/mol. The van der Waals surface area contributed by atoms with E-state index in [1.165, 1.54) is 0 Å². The topological polar surface area (TPSA) is 49.2 Å². The van der Waals surface area contributed by atoms with E-state index in [2.05, 4.69) is 43.6 Å². The van der Waals surface area contributed by atoms with Crippen molar-refractivity contribution in [3.05, 3.63) is 22.9 Å². The molecule has 1 saturated heterocycles. The molecule has 1 aromatic rings. The molecule has 0 bridgehead atoms. The first-order valence-corrected chi connectivity index (χ1v) is 6.97. The van der Waals surface area contributed by atoms with Crippen molar-refractivity contribution in [2.75, 3.05) is 18.0 Å². The number of pyridine rings is 1. The van der Waals surface area contributed by atoms with Gasteiger partial charge < -0.3 is 9.64 Å². The Morgan fingerprint density at radius 2 is 1.75 bits per heavy atom. The molecule has 1 aliphatic heterocycles. The molecule has 4 heteroatoms. The number of aromatic nitrogens is 1. The first-order chi connectivity index (χ1) is 9.13. The lowest BCUT2D eigenvalue weighted by molar-refractivity contribution is -0.133. The zero-order chi connectivity index (χ0) is 15.1. The minimum absolute atomic E-state index is 0.256. The van der Waals surface area contributed by atoms with Crippen LogP contribution >= 0.6 is 0 Å². The maximum atomic E-state index is 9.43. The summed E-state index contributed by atoms with van der Waals surface area (Å²) in [5.41, 5.74) is 2.08. The molecule has 4 nitrogen and oxygen atoms in total. The highest BCUT2D eigenvalue weighted by molar-refractivity contribution is 5.58. The van der Waals surface area contributed by atoms with Gasteiger partial charge in [0.15, 0.2) is 0 Å². The van der Waals surface area contributed by atoms with E-state index in [0.717, 1.165) is 30.2 Å². The number of morpholine rings is 1. The van der Waals surface area contributed by atoms with Crippen molar-refractivity contribution in [1.82, 2.24) is 4.98 Å². The molecule has 0 spiro atoms. The van der Waals surface area contributed by atoms with Gasteiger partial charge in [0.2, 0.25) is 0 Å². The van der Waals surface area contributed by atoms with Gasteiger partial charge in [-0.1, -0.05) is 0 Å². The zero-order valence-corrected chi connectivity index (χ0v) is 13.2. The van der Waals surface area contributed by atoms with Crippen molar-refractivity contribution >= 4 is 5.82 Å². The van der Waals surface area contributed by atoms with Crippen LogP contribution in [0.1, 0.15) is 44.5 Å². The largest absolute Gasteiger partial charge is 0.366 e. The summed E-state index contributed by atoms with van der Waals surface area (Å²) in [6, 6.07) is 4.26. The number of hydrogen-bond donors (Lipinski definition) is 0. The fourth-order valence-corrected chi connectivity index (χ4v) is 3.12. The van der Waals surface area contributed by atoms with E-state index >= 15 is 0 Å². The molecule has 108 valence electrons. The molecule has 2 rings (SSSR count). The molecule has 0 aliphatic carbocycles. The number of anilines is 1. The highest BCUT2D eigenvalue weighted by atomic mass is 16.5. The summed E-state index contributed by atoms with van der Waals surface area (Å²) in [6.07, 6.45) is 0. The first kappa shape index (κ1) is 14.8. The smallest absolute Gasteiger partial charge is 0.147 e. The summed E-state index contributed by atoms with van der Waals surface area (Å²) in [7, 11) is 0. The van der Waals surface area contributed by atoms with Gasteiger partial charge in [-0.25, -0.2) is 4.98 Å². The van der Waals surface area contributed by atoms with Crippen molar-refractivity contribution in [1.29, 1.82) is 5.26 Å². The third-order valence-electron chi connectivity index (χ3n) is 3.43. The standard InChI is InChI=1S/C16H23N3O/c1-11-7-12(2)18-14(13(11)8-17)19-9-15(3,4)20-16(5,6)10-19/h7H,9-10H2,1-6H3. The second kappa shape index (κ2) is 4.75. The fraction of sp³-hybridized carbons (Fsp3) is 0.625. The van der Waals surface area contributed by atoms with E-state index in [9.17, 15) is 5.26 Å². The van der Waals surface area contributed by atoms with Crippen LogP contribution in [-0.2, 0) is 4.74 Å². The third-order valence-corrected chi connectivity index (χ3v) is 3.43. The lowest BCUT2D eigenvalue weighted by Gasteiger charge is -2.47. The average molecular weight is 273 g/mol. The summed E-state index contributed by atoms with van der Waals surface area (Å²) in [5, 5.41) is 9.43. The Morgan fingerprint density at radius 3 is 2.25 bits per heavy atom. The van der Waals surface area contributed by atoms with E-state index < -0.39 is 0 Å². The Hall–Kier alpha value is -1.60. The molecule has 0 atom stereocenters. The van der Waals surface area contributed by atoms with Gasteiger partial charge in [0.05, 0.1) is 16.8 Å². The molecule has 1 aliphatic rings.